The van der Waals surface area contributed by atoms with Gasteiger partial charge in [-0.3, -0.25) is 4.90 Å². The van der Waals surface area contributed by atoms with Crippen LogP contribution >= 0.6 is 23.1 Å². The number of hydrogen-bond acceptors (Lipinski definition) is 6. The zero-order valence-electron chi connectivity index (χ0n) is 14.0. The van der Waals surface area contributed by atoms with Crippen LogP contribution in [0.3, 0.4) is 0 Å². The SMILES string of the molecule is CSc1nnc(CN(C)Cc2ccc(C)s2)n1C[C@@H]1CCCO1. The standard InChI is InChI=1S/C16H24N4OS2/c1-12-6-7-14(23-12)10-19(2)11-15-17-18-16(22-3)20(15)9-13-5-4-8-21-13/h6-7,13H,4-5,8-11H2,1-3H3/t13-/m0/s1. The van der Waals surface area contributed by atoms with Gasteiger partial charge in [-0.15, -0.1) is 21.5 Å². The molecule has 2 aromatic rings. The molecule has 126 valence electrons. The van der Waals surface area contributed by atoms with Gasteiger partial charge in [0.25, 0.3) is 0 Å². The summed E-state index contributed by atoms with van der Waals surface area (Å²) in [7, 11) is 2.14. The fourth-order valence-electron chi connectivity index (χ4n) is 2.90. The Labute approximate surface area is 146 Å². The Morgan fingerprint density at radius 1 is 1.39 bits per heavy atom. The molecule has 3 heterocycles. The molecule has 1 aliphatic rings. The molecule has 0 N–H and O–H groups in total. The van der Waals surface area contributed by atoms with E-state index in [2.05, 4.69) is 52.0 Å². The molecule has 2 aromatic heterocycles. The second kappa shape index (κ2) is 7.79. The highest BCUT2D eigenvalue weighted by atomic mass is 32.2. The molecule has 23 heavy (non-hydrogen) atoms. The minimum absolute atomic E-state index is 0.306. The molecule has 0 unspecified atom stereocenters. The van der Waals surface area contributed by atoms with Crippen molar-refractivity contribution in [3.8, 4) is 0 Å². The molecule has 5 nitrogen and oxygen atoms in total. The van der Waals surface area contributed by atoms with Gasteiger partial charge in [0.1, 0.15) is 5.82 Å². The van der Waals surface area contributed by atoms with Crippen molar-refractivity contribution in [1.29, 1.82) is 0 Å². The van der Waals surface area contributed by atoms with Crippen LogP contribution < -0.4 is 0 Å². The lowest BCUT2D eigenvalue weighted by Crippen LogP contribution is -2.23. The number of nitrogens with zero attached hydrogens (tertiary/aromatic N) is 4. The number of hydrogen-bond donors (Lipinski definition) is 0. The van der Waals surface area contributed by atoms with Gasteiger partial charge in [0.15, 0.2) is 5.16 Å². The average Bonchev–Trinajstić information content (AvgIpc) is 3.24. The predicted octanol–water partition coefficient (Wildman–Crippen LogP) is 3.18. The lowest BCUT2D eigenvalue weighted by molar-refractivity contribution is 0.0934. The first-order chi connectivity index (χ1) is 11.2. The quantitative estimate of drug-likeness (QED) is 0.716. The number of aromatic nitrogens is 3. The van der Waals surface area contributed by atoms with Crippen molar-refractivity contribution in [2.75, 3.05) is 19.9 Å². The van der Waals surface area contributed by atoms with Crippen molar-refractivity contribution < 1.29 is 4.74 Å². The van der Waals surface area contributed by atoms with E-state index in [1.807, 2.05) is 11.3 Å². The Kier molecular flexibility index (Phi) is 5.74. The van der Waals surface area contributed by atoms with Crippen molar-refractivity contribution in [2.45, 2.75) is 50.7 Å². The molecule has 0 aliphatic carbocycles. The summed E-state index contributed by atoms with van der Waals surface area (Å²) in [6.07, 6.45) is 4.66. The van der Waals surface area contributed by atoms with E-state index in [4.69, 9.17) is 4.74 Å². The number of ether oxygens (including phenoxy) is 1. The van der Waals surface area contributed by atoms with E-state index in [-0.39, 0.29) is 0 Å². The van der Waals surface area contributed by atoms with Crippen LogP contribution in [0.1, 0.15) is 28.4 Å². The summed E-state index contributed by atoms with van der Waals surface area (Å²) in [6, 6.07) is 4.39. The maximum Gasteiger partial charge on any atom is 0.191 e. The van der Waals surface area contributed by atoms with E-state index >= 15 is 0 Å². The second-order valence-electron chi connectivity index (χ2n) is 6.03. The fraction of sp³-hybridized carbons (Fsp3) is 0.625. The summed E-state index contributed by atoms with van der Waals surface area (Å²) >= 11 is 3.51. The minimum Gasteiger partial charge on any atom is -0.376 e. The van der Waals surface area contributed by atoms with Gasteiger partial charge in [0, 0.05) is 22.9 Å². The number of aryl methyl sites for hydroxylation is 1. The zero-order valence-corrected chi connectivity index (χ0v) is 15.6. The Balaban J connectivity index is 1.67. The first kappa shape index (κ1) is 17.0. The highest BCUT2D eigenvalue weighted by molar-refractivity contribution is 7.98. The molecular weight excluding hydrogens is 328 g/mol. The molecule has 1 fully saturated rings. The first-order valence-electron chi connectivity index (χ1n) is 7.97. The zero-order chi connectivity index (χ0) is 16.2. The highest BCUT2D eigenvalue weighted by Gasteiger charge is 2.21. The van der Waals surface area contributed by atoms with Crippen LogP contribution in [0, 0.1) is 6.92 Å². The van der Waals surface area contributed by atoms with E-state index in [9.17, 15) is 0 Å². The van der Waals surface area contributed by atoms with E-state index in [1.165, 1.54) is 9.75 Å². The second-order valence-corrected chi connectivity index (χ2v) is 8.18. The van der Waals surface area contributed by atoms with Crippen LogP contribution in [0.5, 0.6) is 0 Å². The molecule has 0 bridgehead atoms. The van der Waals surface area contributed by atoms with Gasteiger partial charge >= 0.3 is 0 Å². The molecule has 0 radical (unpaired) electrons. The molecule has 3 rings (SSSR count). The monoisotopic (exact) mass is 352 g/mol. The molecule has 1 aliphatic heterocycles. The predicted molar refractivity (Wildman–Crippen MR) is 95.0 cm³/mol. The van der Waals surface area contributed by atoms with Crippen molar-refractivity contribution in [2.24, 2.45) is 0 Å². The van der Waals surface area contributed by atoms with E-state index in [1.54, 1.807) is 11.8 Å². The maximum absolute atomic E-state index is 5.79. The average molecular weight is 353 g/mol. The maximum atomic E-state index is 5.79. The lowest BCUT2D eigenvalue weighted by Gasteiger charge is -2.18. The van der Waals surface area contributed by atoms with Crippen LogP contribution in [0.2, 0.25) is 0 Å². The molecule has 0 amide bonds. The van der Waals surface area contributed by atoms with Gasteiger partial charge in [-0.05, 0) is 45.2 Å². The normalized spacial score (nSPS) is 18.2. The lowest BCUT2D eigenvalue weighted by atomic mass is 10.2. The van der Waals surface area contributed by atoms with Crippen molar-refractivity contribution in [3.63, 3.8) is 0 Å². The number of thioether (sulfide) groups is 1. The molecule has 1 saturated heterocycles. The van der Waals surface area contributed by atoms with Crippen LogP contribution in [-0.4, -0.2) is 45.7 Å². The van der Waals surface area contributed by atoms with Gasteiger partial charge in [-0.25, -0.2) is 0 Å². The third-order valence-corrected chi connectivity index (χ3v) is 5.67. The summed E-state index contributed by atoms with van der Waals surface area (Å²) in [5.74, 6) is 1.03. The van der Waals surface area contributed by atoms with Crippen molar-refractivity contribution in [1.82, 2.24) is 19.7 Å². The number of rotatable bonds is 7. The molecular formula is C16H24N4OS2. The highest BCUT2D eigenvalue weighted by Crippen LogP contribution is 2.21. The van der Waals surface area contributed by atoms with Crippen LogP contribution in [-0.2, 0) is 24.4 Å². The largest absolute Gasteiger partial charge is 0.376 e. The Morgan fingerprint density at radius 2 is 2.26 bits per heavy atom. The molecule has 0 aromatic carbocycles. The van der Waals surface area contributed by atoms with E-state index in [0.29, 0.717) is 6.10 Å². The summed E-state index contributed by atoms with van der Waals surface area (Å²) in [5.41, 5.74) is 0. The summed E-state index contributed by atoms with van der Waals surface area (Å²) in [4.78, 5) is 5.05. The van der Waals surface area contributed by atoms with Gasteiger partial charge in [-0.1, -0.05) is 11.8 Å². The molecule has 1 atom stereocenters. The summed E-state index contributed by atoms with van der Waals surface area (Å²) < 4.78 is 8.02. The topological polar surface area (TPSA) is 43.2 Å². The molecule has 7 heteroatoms. The van der Waals surface area contributed by atoms with Crippen LogP contribution in [0.15, 0.2) is 17.3 Å². The molecule has 0 saturated carbocycles. The number of thiophene rings is 1. The minimum atomic E-state index is 0.306. The van der Waals surface area contributed by atoms with Gasteiger partial charge < -0.3 is 9.30 Å². The Morgan fingerprint density at radius 3 is 2.91 bits per heavy atom. The summed E-state index contributed by atoms with van der Waals surface area (Å²) in [5, 5.41) is 9.73. The van der Waals surface area contributed by atoms with Crippen molar-refractivity contribution in [3.05, 3.63) is 27.7 Å². The Hall–Kier alpha value is -0.890. The van der Waals surface area contributed by atoms with E-state index in [0.717, 1.165) is 50.1 Å². The van der Waals surface area contributed by atoms with E-state index < -0.39 is 0 Å². The van der Waals surface area contributed by atoms with Crippen LogP contribution in [0.4, 0.5) is 0 Å². The molecule has 0 spiro atoms. The van der Waals surface area contributed by atoms with Gasteiger partial charge in [0.2, 0.25) is 0 Å². The van der Waals surface area contributed by atoms with Crippen LogP contribution in [0.25, 0.3) is 0 Å². The first-order valence-corrected chi connectivity index (χ1v) is 10.0. The Bertz CT molecular complexity index is 634. The third kappa shape index (κ3) is 4.35. The third-order valence-electron chi connectivity index (χ3n) is 4.02. The van der Waals surface area contributed by atoms with Crippen molar-refractivity contribution >= 4 is 23.1 Å². The van der Waals surface area contributed by atoms with Gasteiger partial charge in [-0.2, -0.15) is 0 Å². The fourth-order valence-corrected chi connectivity index (χ4v) is 4.39. The smallest absolute Gasteiger partial charge is 0.191 e. The summed E-state index contributed by atoms with van der Waals surface area (Å²) in [6.45, 7) is 5.65. The van der Waals surface area contributed by atoms with Gasteiger partial charge in [0.05, 0.1) is 19.2 Å².